The van der Waals surface area contributed by atoms with E-state index in [9.17, 15) is 0 Å². The van der Waals surface area contributed by atoms with Gasteiger partial charge in [0.1, 0.15) is 5.69 Å². The topological polar surface area (TPSA) is 47.5 Å². The average molecular weight is 611 g/mol. The molecule has 0 fully saturated rings. The van der Waals surface area contributed by atoms with Crippen LogP contribution in [-0.2, 0) is 0 Å². The Kier molecular flexibility index (Phi) is 7.36. The Hall–Kier alpha value is -4.04. The van der Waals surface area contributed by atoms with E-state index in [-0.39, 0.29) is 0 Å². The van der Waals surface area contributed by atoms with Crippen LogP contribution in [0.5, 0.6) is 0 Å². The predicted octanol–water partition coefficient (Wildman–Crippen LogP) is 8.41. The lowest BCUT2D eigenvalue weighted by Crippen LogP contribution is -2.13. The molecule has 2 aromatic heterocycles. The Morgan fingerprint density at radius 1 is 0.769 bits per heavy atom. The number of thiazole rings is 1. The van der Waals surface area contributed by atoms with E-state index >= 15 is 0 Å². The second-order valence-electron chi connectivity index (χ2n) is 8.65. The third kappa shape index (κ3) is 5.56. The first-order valence-corrected chi connectivity index (χ1v) is 14.2. The van der Waals surface area contributed by atoms with Gasteiger partial charge >= 0.3 is 0 Å². The quantitative estimate of drug-likeness (QED) is 0.138. The molecule has 0 atom stereocenters. The van der Waals surface area contributed by atoms with Crippen molar-refractivity contribution in [3.05, 3.63) is 141 Å². The SMILES string of the molecule is Clc1ccc(-c2nn(-c3ccccc3)cc2/C=N\N=c2/scc(-c3ccc(Br)cc3)n2-c2ccccc2)cc1. The van der Waals surface area contributed by atoms with E-state index in [1.807, 2.05) is 95.8 Å². The molecule has 0 spiro atoms. The summed E-state index contributed by atoms with van der Waals surface area (Å²) in [7, 11) is 0. The van der Waals surface area contributed by atoms with E-state index in [1.54, 1.807) is 17.6 Å². The number of benzene rings is 4. The molecule has 0 saturated heterocycles. The summed E-state index contributed by atoms with van der Waals surface area (Å²) in [5.74, 6) is 0. The van der Waals surface area contributed by atoms with Gasteiger partial charge in [-0.2, -0.15) is 10.2 Å². The summed E-state index contributed by atoms with van der Waals surface area (Å²) in [6.07, 6.45) is 3.72. The van der Waals surface area contributed by atoms with Crippen molar-refractivity contribution in [3.63, 3.8) is 0 Å². The third-order valence-electron chi connectivity index (χ3n) is 6.08. The molecule has 190 valence electrons. The lowest BCUT2D eigenvalue weighted by molar-refractivity contribution is 0.884. The number of nitrogens with zero attached hydrogens (tertiary/aromatic N) is 5. The van der Waals surface area contributed by atoms with Crippen LogP contribution in [-0.4, -0.2) is 20.6 Å². The average Bonchev–Trinajstić information content (AvgIpc) is 3.60. The highest BCUT2D eigenvalue weighted by atomic mass is 79.9. The van der Waals surface area contributed by atoms with Gasteiger partial charge in [-0.15, -0.1) is 16.4 Å². The fourth-order valence-corrected chi connectivity index (χ4v) is 5.45. The van der Waals surface area contributed by atoms with Crippen molar-refractivity contribution in [1.82, 2.24) is 14.3 Å². The van der Waals surface area contributed by atoms with Crippen molar-refractivity contribution in [2.45, 2.75) is 0 Å². The number of hydrogen-bond donors (Lipinski definition) is 0. The normalized spacial score (nSPS) is 11.9. The van der Waals surface area contributed by atoms with Gasteiger partial charge in [-0.1, -0.05) is 88.2 Å². The summed E-state index contributed by atoms with van der Waals surface area (Å²) >= 11 is 11.2. The highest BCUT2D eigenvalue weighted by Crippen LogP contribution is 2.26. The third-order valence-corrected chi connectivity index (χ3v) is 7.68. The molecule has 6 aromatic rings. The molecule has 0 saturated carbocycles. The number of halogens is 2. The molecule has 0 aliphatic carbocycles. The first-order valence-electron chi connectivity index (χ1n) is 12.2. The Morgan fingerprint density at radius 3 is 2.10 bits per heavy atom. The van der Waals surface area contributed by atoms with E-state index in [2.05, 4.69) is 60.3 Å². The maximum absolute atomic E-state index is 6.14. The zero-order valence-corrected chi connectivity index (χ0v) is 23.7. The fourth-order valence-electron chi connectivity index (χ4n) is 4.20. The summed E-state index contributed by atoms with van der Waals surface area (Å²) in [5.41, 5.74) is 6.72. The zero-order valence-electron chi connectivity index (χ0n) is 20.5. The molecule has 0 N–H and O–H groups in total. The van der Waals surface area contributed by atoms with E-state index in [4.69, 9.17) is 16.7 Å². The van der Waals surface area contributed by atoms with Crippen molar-refractivity contribution in [1.29, 1.82) is 0 Å². The molecule has 0 aliphatic rings. The minimum Gasteiger partial charge on any atom is -0.284 e. The molecule has 8 heteroatoms. The van der Waals surface area contributed by atoms with Gasteiger partial charge in [0.15, 0.2) is 0 Å². The monoisotopic (exact) mass is 609 g/mol. The summed E-state index contributed by atoms with van der Waals surface area (Å²) in [6.45, 7) is 0. The Labute approximate surface area is 243 Å². The highest BCUT2D eigenvalue weighted by Gasteiger charge is 2.12. The number of para-hydroxylation sites is 2. The molecule has 5 nitrogen and oxygen atoms in total. The van der Waals surface area contributed by atoms with Gasteiger partial charge in [-0.25, -0.2) is 4.68 Å². The van der Waals surface area contributed by atoms with Crippen LogP contribution in [0.4, 0.5) is 0 Å². The minimum absolute atomic E-state index is 0.677. The van der Waals surface area contributed by atoms with Crippen LogP contribution in [0, 0.1) is 0 Å². The molecule has 0 bridgehead atoms. The van der Waals surface area contributed by atoms with Crippen LogP contribution < -0.4 is 4.80 Å². The number of aromatic nitrogens is 3. The maximum Gasteiger partial charge on any atom is 0.215 e. The maximum atomic E-state index is 6.14. The van der Waals surface area contributed by atoms with Crippen LogP contribution in [0.2, 0.25) is 5.02 Å². The van der Waals surface area contributed by atoms with Crippen LogP contribution in [0.15, 0.2) is 135 Å². The van der Waals surface area contributed by atoms with Crippen LogP contribution in [0.1, 0.15) is 5.56 Å². The second kappa shape index (κ2) is 11.4. The smallest absolute Gasteiger partial charge is 0.215 e. The molecule has 6 rings (SSSR count). The molecule has 4 aromatic carbocycles. The van der Waals surface area contributed by atoms with Crippen molar-refractivity contribution in [2.24, 2.45) is 10.2 Å². The standard InChI is InChI=1S/C31H21BrClN5S/c32-25-15-11-22(12-16-25)29-21-39-31(38(29)28-9-5-2-6-10-28)35-34-19-24-20-37(27-7-3-1-4-8-27)36-30(24)23-13-17-26(33)18-14-23/h1-21H/b34-19-,35-31-. The molecule has 0 amide bonds. The molecular weight excluding hydrogens is 590 g/mol. The van der Waals surface area contributed by atoms with Gasteiger partial charge in [-0.05, 0) is 54.1 Å². The first kappa shape index (κ1) is 25.2. The number of rotatable bonds is 6. The summed E-state index contributed by atoms with van der Waals surface area (Å²) < 4.78 is 5.01. The largest absolute Gasteiger partial charge is 0.284 e. The molecule has 0 aliphatic heterocycles. The lowest BCUT2D eigenvalue weighted by Gasteiger charge is -2.09. The van der Waals surface area contributed by atoms with Crippen molar-refractivity contribution < 1.29 is 0 Å². The van der Waals surface area contributed by atoms with Gasteiger partial charge in [0.05, 0.1) is 17.6 Å². The molecule has 39 heavy (non-hydrogen) atoms. The van der Waals surface area contributed by atoms with Crippen molar-refractivity contribution in [2.75, 3.05) is 0 Å². The first-order chi connectivity index (χ1) is 19.2. The fraction of sp³-hybridized carbons (Fsp3) is 0. The molecule has 0 radical (unpaired) electrons. The predicted molar refractivity (Wildman–Crippen MR) is 164 cm³/mol. The molecule has 2 heterocycles. The van der Waals surface area contributed by atoms with E-state index in [0.29, 0.717) is 5.02 Å². The van der Waals surface area contributed by atoms with Crippen LogP contribution in [0.25, 0.3) is 33.9 Å². The van der Waals surface area contributed by atoms with E-state index in [0.717, 1.165) is 48.7 Å². The zero-order chi connectivity index (χ0) is 26.6. The summed E-state index contributed by atoms with van der Waals surface area (Å²) in [5, 5.41) is 16.8. The van der Waals surface area contributed by atoms with Gasteiger partial charge in [-0.3, -0.25) is 4.57 Å². The Bertz CT molecular complexity index is 1800. The Morgan fingerprint density at radius 2 is 1.41 bits per heavy atom. The van der Waals surface area contributed by atoms with Crippen molar-refractivity contribution >= 4 is 45.1 Å². The number of hydrogen-bond acceptors (Lipinski definition) is 4. The summed E-state index contributed by atoms with van der Waals surface area (Å²) in [4.78, 5) is 0.763. The highest BCUT2D eigenvalue weighted by molar-refractivity contribution is 9.10. The van der Waals surface area contributed by atoms with E-state index < -0.39 is 0 Å². The van der Waals surface area contributed by atoms with Gasteiger partial charge in [0, 0.05) is 37.9 Å². The molecule has 0 unspecified atom stereocenters. The van der Waals surface area contributed by atoms with Gasteiger partial charge < -0.3 is 0 Å². The van der Waals surface area contributed by atoms with Crippen LogP contribution in [0.3, 0.4) is 0 Å². The Balaban J connectivity index is 1.44. The minimum atomic E-state index is 0.677. The second-order valence-corrected chi connectivity index (χ2v) is 10.8. The van der Waals surface area contributed by atoms with Gasteiger partial charge in [0.2, 0.25) is 4.80 Å². The van der Waals surface area contributed by atoms with E-state index in [1.165, 1.54) is 0 Å². The molecular formula is C31H21BrClN5S. The summed E-state index contributed by atoms with van der Waals surface area (Å²) in [6, 6.07) is 36.1. The van der Waals surface area contributed by atoms with Crippen LogP contribution >= 0.6 is 38.9 Å². The lowest BCUT2D eigenvalue weighted by atomic mass is 10.1. The van der Waals surface area contributed by atoms with Gasteiger partial charge in [0.25, 0.3) is 0 Å². The van der Waals surface area contributed by atoms with Crippen molar-refractivity contribution in [3.8, 4) is 33.9 Å².